The normalized spacial score (nSPS) is 20.5. The Balaban J connectivity index is 1.36. The molecule has 3 atom stereocenters. The Hall–Kier alpha value is -4.64. The summed E-state index contributed by atoms with van der Waals surface area (Å²) in [7, 11) is 1.87. The average molecular weight is 584 g/mol. The quantitative estimate of drug-likeness (QED) is 0.334. The van der Waals surface area contributed by atoms with Gasteiger partial charge in [0.15, 0.2) is 0 Å². The number of aryl methyl sites for hydroxylation is 1. The number of benzene rings is 1. The van der Waals surface area contributed by atoms with Gasteiger partial charge in [-0.15, -0.1) is 0 Å². The lowest BCUT2D eigenvalue weighted by molar-refractivity contribution is -0.119. The van der Waals surface area contributed by atoms with E-state index in [9.17, 15) is 9.59 Å². The third kappa shape index (κ3) is 5.60. The van der Waals surface area contributed by atoms with Gasteiger partial charge in [0.1, 0.15) is 0 Å². The van der Waals surface area contributed by atoms with Crippen LogP contribution in [0.3, 0.4) is 0 Å². The van der Waals surface area contributed by atoms with E-state index in [2.05, 4.69) is 25.7 Å². The van der Waals surface area contributed by atoms with Gasteiger partial charge >= 0.3 is 0 Å². The van der Waals surface area contributed by atoms with Gasteiger partial charge in [-0.05, 0) is 43.5 Å². The maximum Gasteiger partial charge on any atom is 0.254 e. The molecule has 2 bridgehead atoms. The van der Waals surface area contributed by atoms with E-state index < -0.39 is 0 Å². The van der Waals surface area contributed by atoms with Crippen LogP contribution in [0.1, 0.15) is 50.3 Å². The smallest absolute Gasteiger partial charge is 0.254 e. The van der Waals surface area contributed by atoms with Crippen LogP contribution in [0.4, 0.5) is 17.3 Å². The zero-order valence-electron chi connectivity index (χ0n) is 23.2. The molecular formula is C30H30ClN9O2. The number of hydrogen-bond donors (Lipinski definition) is 2. The van der Waals surface area contributed by atoms with E-state index in [0.717, 1.165) is 17.8 Å². The molecule has 0 aliphatic carbocycles. The standard InChI is InChI=1S/C30H30ClN9O2/c1-18-5-3-6-26(24-13-19(9-12-32-24)28-25(37-29(18)42)16-36-39(28)2)40-17-35-23(15-27(40)41)21-14-20(31)7-8-22(21)38-30-33-10-4-11-34-30/h4,7-12,14-19,26H,3,5-6,13H2,1-2H3,(H,37,42)(H,33,34,38)/t18-,19?,26+/m1/s1. The predicted octanol–water partition coefficient (Wildman–Crippen LogP) is 5.27. The van der Waals surface area contributed by atoms with E-state index in [0.29, 0.717) is 52.9 Å². The monoisotopic (exact) mass is 583 g/mol. The molecule has 0 saturated carbocycles. The molecule has 3 aromatic heterocycles. The fourth-order valence-corrected chi connectivity index (χ4v) is 5.74. The molecule has 214 valence electrons. The third-order valence-corrected chi connectivity index (χ3v) is 8.01. The first kappa shape index (κ1) is 27.5. The molecule has 2 aliphatic rings. The van der Waals surface area contributed by atoms with Gasteiger partial charge in [-0.2, -0.15) is 5.10 Å². The van der Waals surface area contributed by atoms with Gasteiger partial charge in [-0.1, -0.05) is 31.0 Å². The van der Waals surface area contributed by atoms with E-state index in [-0.39, 0.29) is 29.3 Å². The summed E-state index contributed by atoms with van der Waals surface area (Å²) in [6, 6.07) is 8.26. The second-order valence-electron chi connectivity index (χ2n) is 10.6. The number of carbonyl (C=O) groups is 1. The fraction of sp³-hybridized carbons (Fsp3) is 0.300. The van der Waals surface area contributed by atoms with Crippen molar-refractivity contribution in [2.24, 2.45) is 18.0 Å². The Kier molecular flexibility index (Phi) is 7.66. The van der Waals surface area contributed by atoms with E-state index in [1.165, 1.54) is 6.07 Å². The number of nitrogens with one attached hydrogen (secondary N) is 2. The average Bonchev–Trinajstić information content (AvgIpc) is 3.36. The number of amides is 1. The van der Waals surface area contributed by atoms with Crippen LogP contribution in [0.5, 0.6) is 0 Å². The fourth-order valence-electron chi connectivity index (χ4n) is 5.57. The summed E-state index contributed by atoms with van der Waals surface area (Å²) in [6.07, 6.45) is 13.0. The molecule has 1 amide bonds. The Bertz CT molecular complexity index is 1750. The van der Waals surface area contributed by atoms with Crippen molar-refractivity contribution in [2.75, 3.05) is 10.6 Å². The van der Waals surface area contributed by atoms with Gasteiger partial charge in [0, 0.05) is 59.8 Å². The van der Waals surface area contributed by atoms with Crippen molar-refractivity contribution in [3.8, 4) is 11.3 Å². The summed E-state index contributed by atoms with van der Waals surface area (Å²) in [5.74, 6) is 0.126. The number of aromatic nitrogens is 6. The predicted molar refractivity (Wildman–Crippen MR) is 162 cm³/mol. The summed E-state index contributed by atoms with van der Waals surface area (Å²) in [5, 5.41) is 11.2. The molecule has 0 fully saturated rings. The zero-order valence-corrected chi connectivity index (χ0v) is 24.0. The van der Waals surface area contributed by atoms with Crippen LogP contribution >= 0.6 is 11.6 Å². The minimum atomic E-state index is -0.312. The first-order valence-electron chi connectivity index (χ1n) is 13.9. The molecule has 5 heterocycles. The number of nitrogens with zero attached hydrogens (tertiary/aromatic N) is 7. The van der Waals surface area contributed by atoms with E-state index in [4.69, 9.17) is 21.6 Å². The highest BCUT2D eigenvalue weighted by atomic mass is 35.5. The number of allylic oxidation sites excluding steroid dienone is 1. The SMILES string of the molecule is C[C@@H]1CCC[C@H](n2cnc(-c3cc(Cl)ccc3Nc3ncccn3)cc2=O)C2=NC=CC(C2)c2c(cnn2C)NC1=O. The van der Waals surface area contributed by atoms with Gasteiger partial charge in [0.25, 0.3) is 5.56 Å². The summed E-state index contributed by atoms with van der Waals surface area (Å²) in [5.41, 5.74) is 4.08. The second-order valence-corrected chi connectivity index (χ2v) is 11.0. The van der Waals surface area contributed by atoms with Gasteiger partial charge in [0.05, 0.1) is 41.3 Å². The van der Waals surface area contributed by atoms with Gasteiger partial charge < -0.3 is 10.6 Å². The number of halogens is 1. The summed E-state index contributed by atoms with van der Waals surface area (Å²) in [6.45, 7) is 1.92. The van der Waals surface area contributed by atoms with E-state index >= 15 is 0 Å². The van der Waals surface area contributed by atoms with Crippen molar-refractivity contribution in [1.82, 2.24) is 29.3 Å². The topological polar surface area (TPSA) is 132 Å². The number of carbonyl (C=O) groups excluding carboxylic acids is 1. The summed E-state index contributed by atoms with van der Waals surface area (Å²) >= 11 is 6.34. The van der Waals surface area contributed by atoms with Crippen molar-refractivity contribution in [3.63, 3.8) is 0 Å². The lowest BCUT2D eigenvalue weighted by atomic mass is 9.88. The number of aliphatic imine (C=N–C) groups is 1. The number of fused-ring (bicyclic) bond motifs is 4. The van der Waals surface area contributed by atoms with Crippen molar-refractivity contribution in [2.45, 2.75) is 44.6 Å². The Labute approximate surface area is 247 Å². The maximum atomic E-state index is 13.7. The third-order valence-electron chi connectivity index (χ3n) is 7.77. The number of rotatable bonds is 4. The minimum absolute atomic E-state index is 0.0370. The Morgan fingerprint density at radius 2 is 1.93 bits per heavy atom. The van der Waals surface area contributed by atoms with E-state index in [1.54, 1.807) is 64.6 Å². The first-order chi connectivity index (χ1) is 20.4. The van der Waals surface area contributed by atoms with Crippen LogP contribution in [0.2, 0.25) is 5.02 Å². The molecule has 12 heteroatoms. The molecule has 2 aliphatic heterocycles. The minimum Gasteiger partial charge on any atom is -0.324 e. The highest BCUT2D eigenvalue weighted by Crippen LogP contribution is 2.35. The van der Waals surface area contributed by atoms with Crippen LogP contribution in [0.25, 0.3) is 11.3 Å². The molecule has 0 radical (unpaired) electrons. The largest absolute Gasteiger partial charge is 0.324 e. The highest BCUT2D eigenvalue weighted by molar-refractivity contribution is 6.31. The zero-order chi connectivity index (χ0) is 29.2. The maximum absolute atomic E-state index is 13.7. The molecule has 0 saturated heterocycles. The molecule has 0 spiro atoms. The molecule has 1 unspecified atom stereocenters. The first-order valence-corrected chi connectivity index (χ1v) is 14.2. The number of hydrogen-bond acceptors (Lipinski definition) is 8. The molecule has 2 N–H and O–H groups in total. The molecule has 11 nitrogen and oxygen atoms in total. The Morgan fingerprint density at radius 3 is 2.74 bits per heavy atom. The highest BCUT2D eigenvalue weighted by Gasteiger charge is 2.29. The Morgan fingerprint density at radius 1 is 1.10 bits per heavy atom. The molecule has 6 rings (SSSR count). The lowest BCUT2D eigenvalue weighted by Crippen LogP contribution is -2.32. The van der Waals surface area contributed by atoms with Gasteiger partial charge in [-0.3, -0.25) is 23.8 Å². The number of anilines is 3. The molecule has 4 aromatic rings. The van der Waals surface area contributed by atoms with Gasteiger partial charge in [0.2, 0.25) is 11.9 Å². The molecular weight excluding hydrogens is 554 g/mol. The van der Waals surface area contributed by atoms with E-state index in [1.807, 2.05) is 20.0 Å². The van der Waals surface area contributed by atoms with Gasteiger partial charge in [-0.25, -0.2) is 15.0 Å². The molecule has 1 aromatic carbocycles. The summed E-state index contributed by atoms with van der Waals surface area (Å²) < 4.78 is 3.44. The van der Waals surface area contributed by atoms with Crippen molar-refractivity contribution in [1.29, 1.82) is 0 Å². The van der Waals surface area contributed by atoms with Crippen LogP contribution in [0, 0.1) is 5.92 Å². The van der Waals surface area contributed by atoms with Crippen LogP contribution < -0.4 is 16.2 Å². The lowest BCUT2D eigenvalue weighted by Gasteiger charge is -2.28. The summed E-state index contributed by atoms with van der Waals surface area (Å²) in [4.78, 5) is 44.6. The van der Waals surface area contributed by atoms with Crippen LogP contribution in [-0.2, 0) is 11.8 Å². The van der Waals surface area contributed by atoms with Crippen molar-refractivity contribution < 1.29 is 4.79 Å². The molecule has 42 heavy (non-hydrogen) atoms. The van der Waals surface area contributed by atoms with Crippen molar-refractivity contribution >= 4 is 40.5 Å². The van der Waals surface area contributed by atoms with Crippen molar-refractivity contribution in [3.05, 3.63) is 88.6 Å². The second kappa shape index (κ2) is 11.7. The van der Waals surface area contributed by atoms with Crippen LogP contribution in [0.15, 0.2) is 77.3 Å². The van der Waals surface area contributed by atoms with Crippen LogP contribution in [-0.4, -0.2) is 40.9 Å².